The van der Waals surface area contributed by atoms with Gasteiger partial charge in [-0.1, -0.05) is 0 Å². The molecule has 0 unspecified atom stereocenters. The first-order chi connectivity index (χ1) is 10.9. The van der Waals surface area contributed by atoms with E-state index in [2.05, 4.69) is 10.8 Å². The van der Waals surface area contributed by atoms with Crippen LogP contribution >= 0.6 is 0 Å². The van der Waals surface area contributed by atoms with Crippen LogP contribution in [0, 0.1) is 28.6 Å². The summed E-state index contributed by atoms with van der Waals surface area (Å²) in [5.74, 6) is 0.0295. The molecule has 23 heavy (non-hydrogen) atoms. The van der Waals surface area contributed by atoms with Gasteiger partial charge in [-0.3, -0.25) is 0 Å². The maximum atomic E-state index is 12.3. The van der Waals surface area contributed by atoms with E-state index in [1.807, 2.05) is 4.90 Å². The summed E-state index contributed by atoms with van der Waals surface area (Å²) in [6.45, 7) is 1.53. The van der Waals surface area contributed by atoms with Gasteiger partial charge in [-0.25, -0.2) is 0 Å². The van der Waals surface area contributed by atoms with Crippen molar-refractivity contribution in [2.24, 2.45) is 5.92 Å². The molecule has 0 bridgehead atoms. The third-order valence-corrected chi connectivity index (χ3v) is 3.95. The van der Waals surface area contributed by atoms with E-state index < -0.39 is 12.1 Å². The van der Waals surface area contributed by atoms with Crippen molar-refractivity contribution >= 4 is 5.69 Å². The number of halogens is 3. The van der Waals surface area contributed by atoms with Crippen LogP contribution in [-0.4, -0.2) is 19.5 Å². The molecule has 0 spiro atoms. The summed E-state index contributed by atoms with van der Waals surface area (Å²) in [6, 6.07) is 8.04. The number of benzene rings is 1. The van der Waals surface area contributed by atoms with E-state index in [-0.39, 0.29) is 5.56 Å². The number of nitriles is 2. The van der Waals surface area contributed by atoms with Gasteiger partial charge in [-0.05, 0) is 43.4 Å². The fourth-order valence-electron chi connectivity index (χ4n) is 2.76. The van der Waals surface area contributed by atoms with Crippen molar-refractivity contribution in [1.29, 1.82) is 10.5 Å². The second-order valence-corrected chi connectivity index (χ2v) is 5.47. The zero-order valence-electron chi connectivity index (χ0n) is 12.4. The maximum Gasteiger partial charge on any atom is 0.573 e. The fourth-order valence-corrected chi connectivity index (χ4v) is 2.76. The van der Waals surface area contributed by atoms with Gasteiger partial charge in [0.15, 0.2) is 0 Å². The molecular formula is C16H16F3N3O. The molecule has 2 rings (SSSR count). The number of rotatable bonds is 4. The first-order valence-corrected chi connectivity index (χ1v) is 7.34. The van der Waals surface area contributed by atoms with Gasteiger partial charge in [0.25, 0.3) is 0 Å². The molecule has 0 N–H and O–H groups in total. The molecule has 122 valence electrons. The second-order valence-electron chi connectivity index (χ2n) is 5.47. The van der Waals surface area contributed by atoms with Crippen molar-refractivity contribution < 1.29 is 17.9 Å². The lowest BCUT2D eigenvalue weighted by Gasteiger charge is -2.33. The normalized spacial score (nSPS) is 15.8. The smallest absolute Gasteiger partial charge is 0.404 e. The van der Waals surface area contributed by atoms with Gasteiger partial charge in [0.05, 0.1) is 11.6 Å². The second kappa shape index (κ2) is 7.23. The average Bonchev–Trinajstić information content (AvgIpc) is 2.52. The highest BCUT2D eigenvalue weighted by Crippen LogP contribution is 2.31. The molecule has 0 aliphatic carbocycles. The van der Waals surface area contributed by atoms with Crippen molar-refractivity contribution in [3.05, 3.63) is 23.8 Å². The van der Waals surface area contributed by atoms with Gasteiger partial charge in [0, 0.05) is 25.2 Å². The Bertz CT molecular complexity index is 623. The highest BCUT2D eigenvalue weighted by molar-refractivity contribution is 5.57. The van der Waals surface area contributed by atoms with Crippen molar-refractivity contribution in [1.82, 2.24) is 0 Å². The van der Waals surface area contributed by atoms with Crippen molar-refractivity contribution in [3.8, 4) is 17.9 Å². The van der Waals surface area contributed by atoms with Crippen LogP contribution in [0.15, 0.2) is 18.2 Å². The van der Waals surface area contributed by atoms with Crippen molar-refractivity contribution in [2.45, 2.75) is 32.0 Å². The first-order valence-electron chi connectivity index (χ1n) is 7.34. The Kier molecular flexibility index (Phi) is 5.33. The number of alkyl halides is 3. The molecular weight excluding hydrogens is 307 g/mol. The zero-order valence-corrected chi connectivity index (χ0v) is 12.4. The third kappa shape index (κ3) is 4.79. The Morgan fingerprint density at radius 3 is 2.48 bits per heavy atom. The molecule has 0 amide bonds. The highest BCUT2D eigenvalue weighted by Gasteiger charge is 2.32. The number of hydrogen-bond acceptors (Lipinski definition) is 4. The molecule has 0 saturated carbocycles. The molecule has 7 heteroatoms. The lowest BCUT2D eigenvalue weighted by atomic mass is 9.92. The van der Waals surface area contributed by atoms with Gasteiger partial charge in [-0.2, -0.15) is 10.5 Å². The molecule has 1 fully saturated rings. The van der Waals surface area contributed by atoms with Crippen LogP contribution in [0.1, 0.15) is 31.2 Å². The maximum absolute atomic E-state index is 12.3. The summed E-state index contributed by atoms with van der Waals surface area (Å²) in [4.78, 5) is 2.04. The van der Waals surface area contributed by atoms with Crippen LogP contribution in [0.25, 0.3) is 0 Å². The molecule has 1 aromatic rings. The Labute approximate surface area is 132 Å². The lowest BCUT2D eigenvalue weighted by molar-refractivity contribution is -0.274. The van der Waals surface area contributed by atoms with E-state index in [0.29, 0.717) is 12.3 Å². The Morgan fingerprint density at radius 2 is 1.91 bits per heavy atom. The van der Waals surface area contributed by atoms with Gasteiger partial charge in [0.2, 0.25) is 0 Å². The summed E-state index contributed by atoms with van der Waals surface area (Å²) in [7, 11) is 0. The number of hydrogen-bond donors (Lipinski definition) is 0. The van der Waals surface area contributed by atoms with E-state index in [1.165, 1.54) is 18.2 Å². The van der Waals surface area contributed by atoms with Crippen LogP contribution in [-0.2, 0) is 0 Å². The molecule has 4 nitrogen and oxygen atoms in total. The molecule has 0 radical (unpaired) electrons. The summed E-state index contributed by atoms with van der Waals surface area (Å²) in [5, 5.41) is 17.6. The fraction of sp³-hybridized carbons (Fsp3) is 0.500. The quantitative estimate of drug-likeness (QED) is 0.841. The van der Waals surface area contributed by atoms with E-state index >= 15 is 0 Å². The molecule has 0 aromatic heterocycles. The topological polar surface area (TPSA) is 60.1 Å². The molecule has 1 aliphatic heterocycles. The summed E-state index contributed by atoms with van der Waals surface area (Å²) < 4.78 is 40.7. The number of ether oxygens (including phenoxy) is 1. The predicted octanol–water partition coefficient (Wildman–Crippen LogP) is 3.98. The van der Waals surface area contributed by atoms with E-state index in [4.69, 9.17) is 10.5 Å². The predicted molar refractivity (Wildman–Crippen MR) is 77.6 cm³/mol. The number of piperidine rings is 1. The summed E-state index contributed by atoms with van der Waals surface area (Å²) in [5.41, 5.74) is 0.584. The number of anilines is 1. The highest BCUT2D eigenvalue weighted by atomic mass is 19.4. The van der Waals surface area contributed by atoms with Crippen LogP contribution in [0.5, 0.6) is 5.75 Å². The SMILES string of the molecule is N#CCCC1CCN(c2ccc(OC(F)(F)F)c(C#N)c2)CC1. The first kappa shape index (κ1) is 17.0. The number of nitrogens with zero attached hydrogens (tertiary/aromatic N) is 3. The van der Waals surface area contributed by atoms with Gasteiger partial charge >= 0.3 is 6.36 Å². The summed E-state index contributed by atoms with van der Waals surface area (Å²) in [6.07, 6.45) is -1.51. The van der Waals surface area contributed by atoms with Crippen LogP contribution in [0.2, 0.25) is 0 Å². The molecule has 1 saturated heterocycles. The van der Waals surface area contributed by atoms with E-state index in [1.54, 1.807) is 6.07 Å². The zero-order chi connectivity index (χ0) is 16.9. The minimum absolute atomic E-state index is 0.133. The third-order valence-electron chi connectivity index (χ3n) is 3.95. The minimum atomic E-state index is -4.81. The van der Waals surface area contributed by atoms with Crippen LogP contribution in [0.4, 0.5) is 18.9 Å². The Hall–Kier alpha value is -2.41. The van der Waals surface area contributed by atoms with Crippen LogP contribution < -0.4 is 9.64 Å². The van der Waals surface area contributed by atoms with E-state index in [0.717, 1.165) is 38.0 Å². The Morgan fingerprint density at radius 1 is 1.22 bits per heavy atom. The van der Waals surface area contributed by atoms with Gasteiger partial charge in [0.1, 0.15) is 11.8 Å². The van der Waals surface area contributed by atoms with Crippen molar-refractivity contribution in [2.75, 3.05) is 18.0 Å². The molecule has 1 aromatic carbocycles. The standard InChI is InChI=1S/C16H16F3N3O/c17-16(18,19)23-15-4-3-14(10-13(15)11-21)22-8-5-12(6-9-22)2-1-7-20/h3-4,10,12H,1-2,5-6,8-9H2. The minimum Gasteiger partial charge on any atom is -0.404 e. The monoisotopic (exact) mass is 323 g/mol. The van der Waals surface area contributed by atoms with Gasteiger partial charge < -0.3 is 9.64 Å². The summed E-state index contributed by atoms with van der Waals surface area (Å²) >= 11 is 0. The molecule has 0 atom stereocenters. The van der Waals surface area contributed by atoms with E-state index in [9.17, 15) is 13.2 Å². The largest absolute Gasteiger partial charge is 0.573 e. The lowest BCUT2D eigenvalue weighted by Crippen LogP contribution is -2.33. The average molecular weight is 323 g/mol. The van der Waals surface area contributed by atoms with Crippen molar-refractivity contribution in [3.63, 3.8) is 0 Å². The molecule has 1 aliphatic rings. The Balaban J connectivity index is 2.05. The molecule has 1 heterocycles. The van der Waals surface area contributed by atoms with Crippen LogP contribution in [0.3, 0.4) is 0 Å². The van der Waals surface area contributed by atoms with Gasteiger partial charge in [-0.15, -0.1) is 13.2 Å².